The van der Waals surface area contributed by atoms with Gasteiger partial charge in [-0.05, 0) is 18.9 Å². The molecular formula is C18H23N3O3S. The smallest absolute Gasteiger partial charge is 0.315 e. The molecule has 6 nitrogen and oxygen atoms in total. The summed E-state index contributed by atoms with van der Waals surface area (Å²) in [6.07, 6.45) is 3.45. The Morgan fingerprint density at radius 2 is 2.16 bits per heavy atom. The Morgan fingerprint density at radius 3 is 3.08 bits per heavy atom. The van der Waals surface area contributed by atoms with Gasteiger partial charge in [-0.2, -0.15) is 11.8 Å². The van der Waals surface area contributed by atoms with Crippen LogP contribution in [0.15, 0.2) is 24.3 Å². The molecule has 3 aliphatic heterocycles. The lowest BCUT2D eigenvalue weighted by Gasteiger charge is -2.16. The van der Waals surface area contributed by atoms with Crippen LogP contribution in [-0.2, 0) is 4.79 Å². The lowest BCUT2D eigenvalue weighted by molar-refractivity contribution is -0.122. The van der Waals surface area contributed by atoms with Crippen molar-refractivity contribution in [2.24, 2.45) is 0 Å². The molecule has 7 heteroatoms. The topological polar surface area (TPSA) is 79.5 Å². The highest BCUT2D eigenvalue weighted by Gasteiger charge is 2.42. The highest BCUT2D eigenvalue weighted by molar-refractivity contribution is 8.00. The van der Waals surface area contributed by atoms with E-state index in [9.17, 15) is 9.59 Å². The normalized spacial score (nSPS) is 29.4. The summed E-state index contributed by atoms with van der Waals surface area (Å²) in [7, 11) is 0. The molecule has 3 heterocycles. The lowest BCUT2D eigenvalue weighted by Crippen LogP contribution is -2.36. The Morgan fingerprint density at radius 1 is 1.28 bits per heavy atom. The first kappa shape index (κ1) is 16.6. The fraction of sp³-hybridized carbons (Fsp3) is 0.556. The third-order valence-corrected chi connectivity index (χ3v) is 6.62. The quantitative estimate of drug-likeness (QED) is 0.535. The number of fused-ring (bicyclic) bond motifs is 2. The number of para-hydroxylation sites is 1. The van der Waals surface area contributed by atoms with Crippen molar-refractivity contribution in [3.05, 3.63) is 29.8 Å². The molecular weight excluding hydrogens is 338 g/mol. The Kier molecular flexibility index (Phi) is 4.74. The van der Waals surface area contributed by atoms with Gasteiger partial charge < -0.3 is 20.7 Å². The van der Waals surface area contributed by atoms with Gasteiger partial charge in [0.1, 0.15) is 12.4 Å². The number of carbonyl (C=O) groups excluding carboxylic acids is 2. The zero-order valence-electron chi connectivity index (χ0n) is 14.0. The summed E-state index contributed by atoms with van der Waals surface area (Å²) in [6.45, 7) is 0.513. The summed E-state index contributed by atoms with van der Waals surface area (Å²) < 4.78 is 5.60. The Hall–Kier alpha value is -1.89. The van der Waals surface area contributed by atoms with Gasteiger partial charge in [0.25, 0.3) is 0 Å². The highest BCUT2D eigenvalue weighted by Crippen LogP contribution is 2.33. The number of nitrogens with one attached hydrogen (secondary N) is 3. The van der Waals surface area contributed by atoms with Crippen LogP contribution in [-0.4, -0.2) is 41.6 Å². The van der Waals surface area contributed by atoms with Crippen molar-refractivity contribution in [3.8, 4) is 5.75 Å². The summed E-state index contributed by atoms with van der Waals surface area (Å²) >= 11 is 1.92. The van der Waals surface area contributed by atoms with E-state index < -0.39 is 0 Å². The summed E-state index contributed by atoms with van der Waals surface area (Å²) in [6, 6.07) is 8.29. The van der Waals surface area contributed by atoms with Gasteiger partial charge in [-0.15, -0.1) is 0 Å². The van der Waals surface area contributed by atoms with Crippen LogP contribution < -0.4 is 20.7 Å². The minimum atomic E-state index is -0.0428. The number of hydrogen-bond donors (Lipinski definition) is 3. The van der Waals surface area contributed by atoms with Gasteiger partial charge in [0, 0.05) is 23.0 Å². The molecule has 0 aliphatic carbocycles. The number of amides is 3. The maximum Gasteiger partial charge on any atom is 0.315 e. The van der Waals surface area contributed by atoms with Gasteiger partial charge >= 0.3 is 6.03 Å². The minimum Gasteiger partial charge on any atom is -0.491 e. The van der Waals surface area contributed by atoms with Crippen LogP contribution in [0, 0.1) is 0 Å². The minimum absolute atomic E-state index is 0.0328. The summed E-state index contributed by atoms with van der Waals surface area (Å²) in [5.41, 5.74) is 1.06. The van der Waals surface area contributed by atoms with E-state index in [4.69, 9.17) is 4.74 Å². The van der Waals surface area contributed by atoms with Gasteiger partial charge in [-0.3, -0.25) is 4.79 Å². The molecule has 1 aromatic carbocycles. The van der Waals surface area contributed by atoms with Gasteiger partial charge in [0.15, 0.2) is 0 Å². The van der Waals surface area contributed by atoms with Crippen LogP contribution in [0.2, 0.25) is 0 Å². The molecule has 0 saturated carbocycles. The van der Waals surface area contributed by atoms with E-state index in [0.717, 1.165) is 36.3 Å². The van der Waals surface area contributed by atoms with E-state index in [-0.39, 0.29) is 30.1 Å². The molecule has 0 unspecified atom stereocenters. The fourth-order valence-corrected chi connectivity index (χ4v) is 5.37. The monoisotopic (exact) mass is 361 g/mol. The van der Waals surface area contributed by atoms with Crippen LogP contribution in [0.25, 0.3) is 0 Å². The molecule has 2 fully saturated rings. The third kappa shape index (κ3) is 3.56. The Bertz CT molecular complexity index is 669. The second-order valence-corrected chi connectivity index (χ2v) is 8.11. The molecule has 2 saturated heterocycles. The molecule has 4 atom stereocenters. The number of rotatable bonds is 6. The van der Waals surface area contributed by atoms with E-state index in [2.05, 4.69) is 16.0 Å². The lowest BCUT2D eigenvalue weighted by atomic mass is 10.0. The maximum atomic E-state index is 12.2. The standard InChI is InChI=1S/C18H23N3O3S/c22-16(19-12-9-24-14-6-2-1-5-11(12)14)8-4-3-7-15-17-13(10-25-15)20-18(23)21-17/h1-2,5-6,12-13,15,17H,3-4,7-10H2,(H,19,22)(H2,20,21,23)/t12-,13-,15-,17-/m0/s1. The zero-order chi connectivity index (χ0) is 17.2. The van der Waals surface area contributed by atoms with Crippen molar-refractivity contribution in [3.63, 3.8) is 0 Å². The predicted molar refractivity (Wildman–Crippen MR) is 96.8 cm³/mol. The molecule has 0 aromatic heterocycles. The molecule has 1 aromatic rings. The van der Waals surface area contributed by atoms with Gasteiger partial charge in [-0.25, -0.2) is 4.79 Å². The number of ether oxygens (including phenoxy) is 1. The molecule has 3 N–H and O–H groups in total. The number of carbonyl (C=O) groups is 2. The number of benzene rings is 1. The maximum absolute atomic E-state index is 12.2. The zero-order valence-corrected chi connectivity index (χ0v) is 14.8. The predicted octanol–water partition coefficient (Wildman–Crippen LogP) is 1.96. The van der Waals surface area contributed by atoms with Crippen molar-refractivity contribution >= 4 is 23.7 Å². The highest BCUT2D eigenvalue weighted by atomic mass is 32.2. The Labute approximate surface area is 151 Å². The van der Waals surface area contributed by atoms with E-state index in [1.54, 1.807) is 0 Å². The molecule has 25 heavy (non-hydrogen) atoms. The van der Waals surface area contributed by atoms with Gasteiger partial charge in [0.2, 0.25) is 5.91 Å². The van der Waals surface area contributed by atoms with Crippen molar-refractivity contribution in [2.75, 3.05) is 12.4 Å². The SMILES string of the molecule is O=C(CCCC[C@@H]1SC[C@@H]2NC(=O)N[C@@H]21)N[C@H]1COc2ccccc21. The molecule has 4 rings (SSSR count). The summed E-state index contributed by atoms with van der Waals surface area (Å²) in [4.78, 5) is 23.6. The van der Waals surface area contributed by atoms with Crippen LogP contribution in [0.3, 0.4) is 0 Å². The molecule has 3 aliphatic rings. The summed E-state index contributed by atoms with van der Waals surface area (Å²) in [5, 5.41) is 9.50. The fourth-order valence-electron chi connectivity index (χ4n) is 3.82. The second kappa shape index (κ2) is 7.15. The van der Waals surface area contributed by atoms with Crippen LogP contribution in [0.5, 0.6) is 5.75 Å². The van der Waals surface area contributed by atoms with Crippen molar-refractivity contribution in [1.29, 1.82) is 0 Å². The van der Waals surface area contributed by atoms with E-state index in [0.29, 0.717) is 18.3 Å². The van der Waals surface area contributed by atoms with Crippen LogP contribution in [0.4, 0.5) is 4.79 Å². The number of hydrogen-bond acceptors (Lipinski definition) is 4. The Balaban J connectivity index is 1.17. The van der Waals surface area contributed by atoms with Gasteiger partial charge in [0.05, 0.1) is 18.1 Å². The molecule has 3 amide bonds. The largest absolute Gasteiger partial charge is 0.491 e. The summed E-state index contributed by atoms with van der Waals surface area (Å²) in [5.74, 6) is 1.93. The third-order valence-electron chi connectivity index (χ3n) is 5.12. The number of urea groups is 1. The first-order chi connectivity index (χ1) is 12.2. The molecule has 134 valence electrons. The van der Waals surface area contributed by atoms with Crippen LogP contribution >= 0.6 is 11.8 Å². The average Bonchev–Trinajstić information content (AvgIpc) is 3.27. The first-order valence-corrected chi connectivity index (χ1v) is 9.95. The van der Waals surface area contributed by atoms with Crippen molar-refractivity contribution < 1.29 is 14.3 Å². The van der Waals surface area contributed by atoms with Crippen molar-refractivity contribution in [2.45, 2.75) is 49.1 Å². The number of unbranched alkanes of at least 4 members (excludes halogenated alkanes) is 1. The molecule has 0 spiro atoms. The van der Waals surface area contributed by atoms with E-state index in [1.807, 2.05) is 36.0 Å². The number of thioether (sulfide) groups is 1. The molecule has 0 bridgehead atoms. The van der Waals surface area contributed by atoms with Crippen molar-refractivity contribution in [1.82, 2.24) is 16.0 Å². The van der Waals surface area contributed by atoms with E-state index >= 15 is 0 Å². The van der Waals surface area contributed by atoms with E-state index in [1.165, 1.54) is 0 Å². The van der Waals surface area contributed by atoms with Gasteiger partial charge in [-0.1, -0.05) is 24.6 Å². The van der Waals surface area contributed by atoms with Crippen LogP contribution in [0.1, 0.15) is 37.3 Å². The molecule has 0 radical (unpaired) electrons. The average molecular weight is 361 g/mol. The first-order valence-electron chi connectivity index (χ1n) is 8.90. The second-order valence-electron chi connectivity index (χ2n) is 6.84.